The number of rotatable bonds is 4. The molecule has 0 bridgehead atoms. The second-order valence-corrected chi connectivity index (χ2v) is 8.31. The van der Waals surface area contributed by atoms with E-state index < -0.39 is 0 Å². The van der Waals surface area contributed by atoms with Crippen molar-refractivity contribution in [2.75, 3.05) is 0 Å². The third-order valence-electron chi connectivity index (χ3n) is 6.42. The molecule has 2 aliphatic rings. The summed E-state index contributed by atoms with van der Waals surface area (Å²) in [6, 6.07) is 14.5. The molecule has 2 nitrogen and oxygen atoms in total. The zero-order chi connectivity index (χ0) is 18.5. The van der Waals surface area contributed by atoms with E-state index in [4.69, 9.17) is 0 Å². The molecule has 0 heterocycles. The van der Waals surface area contributed by atoms with Crippen LogP contribution >= 0.6 is 0 Å². The highest BCUT2D eigenvalue weighted by atomic mass is 16.3. The van der Waals surface area contributed by atoms with Crippen LogP contribution in [0.15, 0.2) is 47.5 Å². The number of aromatic hydroxyl groups is 1. The largest absolute Gasteiger partial charge is 0.507 e. The lowest BCUT2D eigenvalue weighted by Gasteiger charge is -2.27. The van der Waals surface area contributed by atoms with Crippen molar-refractivity contribution in [1.82, 2.24) is 0 Å². The second-order valence-electron chi connectivity index (χ2n) is 8.31. The van der Waals surface area contributed by atoms with Crippen molar-refractivity contribution in [3.05, 3.63) is 59.2 Å². The molecule has 0 unspecified atom stereocenters. The van der Waals surface area contributed by atoms with Crippen LogP contribution < -0.4 is 0 Å². The summed E-state index contributed by atoms with van der Waals surface area (Å²) in [4.78, 5) is 4.62. The van der Waals surface area contributed by atoms with Gasteiger partial charge in [-0.05, 0) is 66.8 Å². The van der Waals surface area contributed by atoms with Crippen LogP contribution in [0, 0.1) is 0 Å². The Kier molecular flexibility index (Phi) is 5.91. The molecule has 2 heteroatoms. The summed E-state index contributed by atoms with van der Waals surface area (Å²) in [5, 5.41) is 11.1. The molecule has 0 amide bonds. The zero-order valence-electron chi connectivity index (χ0n) is 16.2. The molecule has 2 aromatic rings. The number of phenolic OH excluding ortho intramolecular Hbond substituents is 1. The van der Waals surface area contributed by atoms with Crippen molar-refractivity contribution in [3.63, 3.8) is 0 Å². The van der Waals surface area contributed by atoms with E-state index in [9.17, 15) is 5.11 Å². The number of phenols is 1. The maximum atomic E-state index is 11.1. The summed E-state index contributed by atoms with van der Waals surface area (Å²) in [5.74, 6) is 1.61. The predicted octanol–water partition coefficient (Wildman–Crippen LogP) is 7.24. The van der Waals surface area contributed by atoms with Gasteiger partial charge in [0.1, 0.15) is 5.75 Å². The normalized spacial score (nSPS) is 19.6. The number of hydrogen-bond donors (Lipinski definition) is 1. The standard InChI is InChI=1S/C25H31NO/c27-25-22(18-26-23-14-8-3-9-15-23)16-21(19-10-4-1-5-11-19)17-24(25)20-12-6-2-7-13-20/h3,8-9,14-20,27H,1-2,4-7,10-13H2. The van der Waals surface area contributed by atoms with E-state index in [1.807, 2.05) is 36.5 Å². The molecular weight excluding hydrogens is 330 g/mol. The first kappa shape index (κ1) is 18.3. The smallest absolute Gasteiger partial charge is 0.127 e. The molecule has 0 aliphatic heterocycles. The van der Waals surface area contributed by atoms with Crippen LogP contribution in [0.25, 0.3) is 0 Å². The van der Waals surface area contributed by atoms with Gasteiger partial charge in [-0.2, -0.15) is 0 Å². The Hall–Kier alpha value is -2.09. The monoisotopic (exact) mass is 361 g/mol. The minimum Gasteiger partial charge on any atom is -0.507 e. The quantitative estimate of drug-likeness (QED) is 0.572. The van der Waals surface area contributed by atoms with E-state index in [2.05, 4.69) is 17.1 Å². The van der Waals surface area contributed by atoms with Crippen molar-refractivity contribution in [3.8, 4) is 5.75 Å². The van der Waals surface area contributed by atoms with Gasteiger partial charge in [-0.1, -0.05) is 62.8 Å². The van der Waals surface area contributed by atoms with Crippen molar-refractivity contribution in [2.24, 2.45) is 4.99 Å². The molecular formula is C25H31NO. The Bertz CT molecular complexity index is 768. The van der Waals surface area contributed by atoms with Crippen LogP contribution in [0.1, 0.15) is 92.7 Å². The summed E-state index contributed by atoms with van der Waals surface area (Å²) in [7, 11) is 0. The molecule has 2 aromatic carbocycles. The molecule has 2 saturated carbocycles. The molecule has 2 fully saturated rings. The fourth-order valence-electron chi connectivity index (χ4n) is 4.86. The molecule has 0 spiro atoms. The van der Waals surface area contributed by atoms with Crippen molar-refractivity contribution in [2.45, 2.75) is 76.0 Å². The third kappa shape index (κ3) is 4.43. The van der Waals surface area contributed by atoms with E-state index in [0.717, 1.165) is 11.3 Å². The topological polar surface area (TPSA) is 32.6 Å². The molecule has 0 radical (unpaired) electrons. The molecule has 2 aliphatic carbocycles. The Morgan fingerprint density at radius 1 is 0.778 bits per heavy atom. The maximum Gasteiger partial charge on any atom is 0.127 e. The fraction of sp³-hybridized carbons (Fsp3) is 0.480. The van der Waals surface area contributed by atoms with Crippen molar-refractivity contribution < 1.29 is 5.11 Å². The first-order valence-electron chi connectivity index (χ1n) is 10.8. The Labute approximate surface area is 163 Å². The van der Waals surface area contributed by atoms with Gasteiger partial charge in [0.15, 0.2) is 0 Å². The number of para-hydroxylation sites is 1. The lowest BCUT2D eigenvalue weighted by Crippen LogP contribution is -2.09. The highest BCUT2D eigenvalue weighted by molar-refractivity contribution is 5.86. The van der Waals surface area contributed by atoms with Crippen LogP contribution in [0.5, 0.6) is 5.75 Å². The number of aliphatic imine (C=N–C) groups is 1. The fourth-order valence-corrected chi connectivity index (χ4v) is 4.86. The van der Waals surface area contributed by atoms with Gasteiger partial charge in [-0.3, -0.25) is 4.99 Å². The van der Waals surface area contributed by atoms with Crippen LogP contribution in [-0.4, -0.2) is 11.3 Å². The summed E-state index contributed by atoms with van der Waals surface area (Å²) in [6.45, 7) is 0. The predicted molar refractivity (Wildman–Crippen MR) is 113 cm³/mol. The third-order valence-corrected chi connectivity index (χ3v) is 6.42. The molecule has 0 atom stereocenters. The van der Waals surface area contributed by atoms with Gasteiger partial charge < -0.3 is 5.11 Å². The van der Waals surface area contributed by atoms with E-state index in [1.165, 1.54) is 75.3 Å². The number of hydrogen-bond acceptors (Lipinski definition) is 2. The summed E-state index contributed by atoms with van der Waals surface area (Å²) < 4.78 is 0. The van der Waals surface area contributed by atoms with Crippen molar-refractivity contribution in [1.29, 1.82) is 0 Å². The van der Waals surface area contributed by atoms with E-state index >= 15 is 0 Å². The van der Waals surface area contributed by atoms with E-state index in [0.29, 0.717) is 17.6 Å². The molecule has 142 valence electrons. The molecule has 0 aromatic heterocycles. The lowest BCUT2D eigenvalue weighted by atomic mass is 9.78. The number of benzene rings is 2. The zero-order valence-corrected chi connectivity index (χ0v) is 16.2. The Morgan fingerprint density at radius 3 is 2.07 bits per heavy atom. The highest BCUT2D eigenvalue weighted by Gasteiger charge is 2.23. The van der Waals surface area contributed by atoms with Crippen LogP contribution in [-0.2, 0) is 0 Å². The summed E-state index contributed by atoms with van der Waals surface area (Å²) in [5.41, 5.74) is 4.41. The van der Waals surface area contributed by atoms with Crippen LogP contribution in [0.2, 0.25) is 0 Å². The first-order valence-corrected chi connectivity index (χ1v) is 10.8. The van der Waals surface area contributed by atoms with Gasteiger partial charge in [0.2, 0.25) is 0 Å². The minimum atomic E-state index is 0.459. The van der Waals surface area contributed by atoms with Crippen LogP contribution in [0.4, 0.5) is 5.69 Å². The number of nitrogens with zero attached hydrogens (tertiary/aromatic N) is 1. The molecule has 1 N–H and O–H groups in total. The molecule has 0 saturated heterocycles. The second kappa shape index (κ2) is 8.73. The SMILES string of the molecule is Oc1c(C=Nc2ccccc2)cc(C2CCCCC2)cc1C1CCCCC1. The minimum absolute atomic E-state index is 0.459. The Morgan fingerprint density at radius 2 is 1.41 bits per heavy atom. The van der Waals surface area contributed by atoms with Gasteiger partial charge in [0, 0.05) is 11.8 Å². The van der Waals surface area contributed by atoms with Gasteiger partial charge >= 0.3 is 0 Å². The Balaban J connectivity index is 1.70. The maximum absolute atomic E-state index is 11.1. The summed E-state index contributed by atoms with van der Waals surface area (Å²) in [6.07, 6.45) is 14.8. The van der Waals surface area contributed by atoms with Gasteiger partial charge in [0.25, 0.3) is 0 Å². The summed E-state index contributed by atoms with van der Waals surface area (Å²) >= 11 is 0. The van der Waals surface area contributed by atoms with E-state index in [-0.39, 0.29) is 0 Å². The first-order chi connectivity index (χ1) is 13.3. The average molecular weight is 362 g/mol. The van der Waals surface area contributed by atoms with Gasteiger partial charge in [-0.25, -0.2) is 0 Å². The molecule has 4 rings (SSSR count). The van der Waals surface area contributed by atoms with Crippen molar-refractivity contribution >= 4 is 11.9 Å². The molecule has 27 heavy (non-hydrogen) atoms. The van der Waals surface area contributed by atoms with Gasteiger partial charge in [-0.15, -0.1) is 0 Å². The lowest BCUT2D eigenvalue weighted by molar-refractivity contribution is 0.410. The van der Waals surface area contributed by atoms with Gasteiger partial charge in [0.05, 0.1) is 5.69 Å². The van der Waals surface area contributed by atoms with Crippen LogP contribution in [0.3, 0.4) is 0 Å². The average Bonchev–Trinajstić information content (AvgIpc) is 2.75. The highest BCUT2D eigenvalue weighted by Crippen LogP contribution is 2.42. The van der Waals surface area contributed by atoms with E-state index in [1.54, 1.807) is 0 Å².